The number of rotatable bonds is 5. The van der Waals surface area contributed by atoms with Gasteiger partial charge in [-0.2, -0.15) is 0 Å². The molecule has 0 bridgehead atoms. The summed E-state index contributed by atoms with van der Waals surface area (Å²) < 4.78 is 10.1. The van der Waals surface area contributed by atoms with E-state index in [4.69, 9.17) is 9.47 Å². The summed E-state index contributed by atoms with van der Waals surface area (Å²) in [5, 5.41) is 0. The molecule has 0 amide bonds. The van der Waals surface area contributed by atoms with Crippen LogP contribution in [0.5, 0.6) is 0 Å². The van der Waals surface area contributed by atoms with Crippen LogP contribution in [0.2, 0.25) is 0 Å². The van der Waals surface area contributed by atoms with E-state index in [0.29, 0.717) is 11.5 Å². The lowest BCUT2D eigenvalue weighted by Crippen LogP contribution is -1.94. The third-order valence-corrected chi connectivity index (χ3v) is 1.22. The lowest BCUT2D eigenvalue weighted by molar-refractivity contribution is 0.220. The molecule has 0 saturated heterocycles. The molecule has 0 aromatic carbocycles. The van der Waals surface area contributed by atoms with Gasteiger partial charge in [-0.25, -0.2) is 0 Å². The second kappa shape index (κ2) is 6.28. The van der Waals surface area contributed by atoms with Crippen LogP contribution < -0.4 is 0 Å². The second-order valence-corrected chi connectivity index (χ2v) is 1.94. The molecule has 2 heteroatoms. The Morgan fingerprint density at radius 3 is 1.42 bits per heavy atom. The molecule has 0 radical (unpaired) electrons. The first kappa shape index (κ1) is 10.6. The number of ether oxygens (including phenoxy) is 2. The van der Waals surface area contributed by atoms with E-state index in [0.717, 1.165) is 0 Å². The standard InChI is InChI=1S/C10H14O2/c1-5-7-9(11-3)10(12-4)8-6-2/h5-8H,1-2H2,3-4H3/b9-7+,10-8+. The van der Waals surface area contributed by atoms with Crippen molar-refractivity contribution >= 4 is 0 Å². The predicted molar refractivity (Wildman–Crippen MR) is 50.6 cm³/mol. The summed E-state index contributed by atoms with van der Waals surface area (Å²) in [7, 11) is 3.15. The van der Waals surface area contributed by atoms with Gasteiger partial charge in [0.05, 0.1) is 14.2 Å². The van der Waals surface area contributed by atoms with Crippen LogP contribution >= 0.6 is 0 Å². The maximum Gasteiger partial charge on any atom is 0.160 e. The highest BCUT2D eigenvalue weighted by Crippen LogP contribution is 2.11. The average molecular weight is 166 g/mol. The van der Waals surface area contributed by atoms with Gasteiger partial charge in [-0.1, -0.05) is 25.3 Å². The molecule has 0 unspecified atom stereocenters. The SMILES string of the molecule is C=C/C=C(OC)\C(=C/C=C)OC. The fourth-order valence-corrected chi connectivity index (χ4v) is 0.716. The summed E-state index contributed by atoms with van der Waals surface area (Å²) >= 11 is 0. The molecule has 0 N–H and O–H groups in total. The third kappa shape index (κ3) is 3.10. The maximum absolute atomic E-state index is 5.05. The minimum atomic E-state index is 0.632. The van der Waals surface area contributed by atoms with Gasteiger partial charge in [-0.05, 0) is 12.2 Å². The van der Waals surface area contributed by atoms with E-state index in [2.05, 4.69) is 13.2 Å². The van der Waals surface area contributed by atoms with Gasteiger partial charge in [0, 0.05) is 0 Å². The molecule has 0 spiro atoms. The summed E-state index contributed by atoms with van der Waals surface area (Å²) in [5.41, 5.74) is 0. The van der Waals surface area contributed by atoms with E-state index in [9.17, 15) is 0 Å². The van der Waals surface area contributed by atoms with Crippen molar-refractivity contribution in [3.63, 3.8) is 0 Å². The quantitative estimate of drug-likeness (QED) is 0.461. The average Bonchev–Trinajstić information content (AvgIpc) is 2.11. The molecule has 0 aliphatic heterocycles. The van der Waals surface area contributed by atoms with Gasteiger partial charge in [0.15, 0.2) is 11.5 Å². The van der Waals surface area contributed by atoms with Gasteiger partial charge in [0.1, 0.15) is 0 Å². The van der Waals surface area contributed by atoms with Gasteiger partial charge >= 0.3 is 0 Å². The second-order valence-electron chi connectivity index (χ2n) is 1.94. The lowest BCUT2D eigenvalue weighted by atomic mass is 10.3. The molecule has 2 nitrogen and oxygen atoms in total. The highest BCUT2D eigenvalue weighted by molar-refractivity contribution is 5.26. The van der Waals surface area contributed by atoms with Crippen LogP contribution in [0.3, 0.4) is 0 Å². The van der Waals surface area contributed by atoms with Crippen LogP contribution in [0.4, 0.5) is 0 Å². The van der Waals surface area contributed by atoms with E-state index >= 15 is 0 Å². The Bertz CT molecular complexity index is 188. The van der Waals surface area contributed by atoms with Crippen molar-refractivity contribution in [3.05, 3.63) is 49.0 Å². The molecule has 66 valence electrons. The zero-order valence-electron chi connectivity index (χ0n) is 7.54. The van der Waals surface area contributed by atoms with E-state index < -0.39 is 0 Å². The normalized spacial score (nSPS) is 12.2. The van der Waals surface area contributed by atoms with E-state index in [1.807, 2.05) is 0 Å². The van der Waals surface area contributed by atoms with Crippen LogP contribution in [0.25, 0.3) is 0 Å². The predicted octanol–water partition coefficient (Wildman–Crippen LogP) is 2.42. The van der Waals surface area contributed by atoms with Gasteiger partial charge in [-0.15, -0.1) is 0 Å². The zero-order valence-corrected chi connectivity index (χ0v) is 7.54. The van der Waals surface area contributed by atoms with Gasteiger partial charge < -0.3 is 9.47 Å². The van der Waals surface area contributed by atoms with Crippen LogP contribution in [0.15, 0.2) is 49.0 Å². The van der Waals surface area contributed by atoms with E-state index in [1.54, 1.807) is 38.5 Å². The fourth-order valence-electron chi connectivity index (χ4n) is 0.716. The minimum absolute atomic E-state index is 0.632. The van der Waals surface area contributed by atoms with Crippen molar-refractivity contribution < 1.29 is 9.47 Å². The molecule has 0 saturated carbocycles. The Labute approximate surface area is 73.5 Å². The summed E-state index contributed by atoms with van der Waals surface area (Å²) in [6.45, 7) is 7.12. The highest BCUT2D eigenvalue weighted by atomic mass is 16.5. The van der Waals surface area contributed by atoms with Crippen molar-refractivity contribution in [1.82, 2.24) is 0 Å². The van der Waals surface area contributed by atoms with Gasteiger partial charge in [-0.3, -0.25) is 0 Å². The number of hydrogen-bond acceptors (Lipinski definition) is 2. The maximum atomic E-state index is 5.05. The fraction of sp³-hybridized carbons (Fsp3) is 0.200. The Morgan fingerprint density at radius 1 is 0.917 bits per heavy atom. The first-order chi connectivity index (χ1) is 5.79. The Balaban J connectivity index is 4.66. The third-order valence-electron chi connectivity index (χ3n) is 1.22. The summed E-state index contributed by atoms with van der Waals surface area (Å²) in [5.74, 6) is 1.26. The summed E-state index contributed by atoms with van der Waals surface area (Å²) in [6.07, 6.45) is 6.71. The minimum Gasteiger partial charge on any atom is -0.493 e. The monoisotopic (exact) mass is 166 g/mol. The van der Waals surface area contributed by atoms with E-state index in [1.165, 1.54) is 0 Å². The zero-order chi connectivity index (χ0) is 9.40. The first-order valence-electron chi connectivity index (χ1n) is 3.54. The number of allylic oxidation sites excluding steroid dienone is 4. The van der Waals surface area contributed by atoms with Crippen LogP contribution in [0.1, 0.15) is 0 Å². The van der Waals surface area contributed by atoms with Crippen LogP contribution in [0, 0.1) is 0 Å². The highest BCUT2D eigenvalue weighted by Gasteiger charge is 2.01. The van der Waals surface area contributed by atoms with Crippen molar-refractivity contribution in [3.8, 4) is 0 Å². The molecule has 0 aromatic heterocycles. The molecular formula is C10H14O2. The molecule has 12 heavy (non-hydrogen) atoms. The molecule has 0 rings (SSSR count). The summed E-state index contributed by atoms with van der Waals surface area (Å²) in [6, 6.07) is 0. The Hall–Kier alpha value is -1.44. The molecule has 0 aromatic rings. The smallest absolute Gasteiger partial charge is 0.160 e. The van der Waals surface area contributed by atoms with Crippen molar-refractivity contribution in [2.45, 2.75) is 0 Å². The molecular weight excluding hydrogens is 152 g/mol. The topological polar surface area (TPSA) is 18.5 Å². The molecule has 0 atom stereocenters. The lowest BCUT2D eigenvalue weighted by Gasteiger charge is -2.07. The van der Waals surface area contributed by atoms with Crippen LogP contribution in [-0.2, 0) is 9.47 Å². The van der Waals surface area contributed by atoms with Gasteiger partial charge in [0.25, 0.3) is 0 Å². The largest absolute Gasteiger partial charge is 0.493 e. The number of methoxy groups -OCH3 is 2. The van der Waals surface area contributed by atoms with Crippen LogP contribution in [-0.4, -0.2) is 14.2 Å². The van der Waals surface area contributed by atoms with Crippen molar-refractivity contribution in [2.24, 2.45) is 0 Å². The Kier molecular flexibility index (Phi) is 5.53. The molecule has 0 aliphatic rings. The van der Waals surface area contributed by atoms with E-state index in [-0.39, 0.29) is 0 Å². The molecule has 0 aliphatic carbocycles. The molecule has 0 heterocycles. The van der Waals surface area contributed by atoms with Crippen molar-refractivity contribution in [2.75, 3.05) is 14.2 Å². The molecule has 0 fully saturated rings. The first-order valence-corrected chi connectivity index (χ1v) is 3.54. The summed E-state index contributed by atoms with van der Waals surface area (Å²) in [4.78, 5) is 0. The van der Waals surface area contributed by atoms with Crippen molar-refractivity contribution in [1.29, 1.82) is 0 Å². The number of hydrogen-bond donors (Lipinski definition) is 0. The Morgan fingerprint density at radius 2 is 1.25 bits per heavy atom. The van der Waals surface area contributed by atoms with Gasteiger partial charge in [0.2, 0.25) is 0 Å².